The summed E-state index contributed by atoms with van der Waals surface area (Å²) < 4.78 is 17.1. The van der Waals surface area contributed by atoms with E-state index in [1.807, 2.05) is 29.9 Å². The molecule has 110 valence electrons. The van der Waals surface area contributed by atoms with Crippen molar-refractivity contribution < 1.29 is 4.39 Å². The number of benzene rings is 1. The van der Waals surface area contributed by atoms with Crippen LogP contribution < -0.4 is 5.32 Å². The first-order valence-corrected chi connectivity index (χ1v) is 7.90. The van der Waals surface area contributed by atoms with E-state index in [1.165, 1.54) is 10.9 Å². The maximum Gasteiger partial charge on any atom is 0.132 e. The standard InChI is InChI=1S/C16H18FN3S/c1-3-18-9-15-12(10-20-8-7-11(2)19-20)16-13(17)5-4-6-14(16)21-15/h4-8,18H,3,9-10H2,1-2H3. The van der Waals surface area contributed by atoms with E-state index in [2.05, 4.69) is 17.3 Å². The summed E-state index contributed by atoms with van der Waals surface area (Å²) in [6.07, 6.45) is 1.94. The third-order valence-corrected chi connectivity index (χ3v) is 4.67. The van der Waals surface area contributed by atoms with Gasteiger partial charge in [-0.25, -0.2) is 4.39 Å². The largest absolute Gasteiger partial charge is 0.312 e. The van der Waals surface area contributed by atoms with Crippen LogP contribution in [0.1, 0.15) is 23.1 Å². The number of hydrogen-bond donors (Lipinski definition) is 1. The number of aryl methyl sites for hydroxylation is 1. The monoisotopic (exact) mass is 303 g/mol. The second-order valence-electron chi connectivity index (χ2n) is 5.05. The molecule has 2 heterocycles. The Morgan fingerprint density at radius 1 is 1.33 bits per heavy atom. The number of aromatic nitrogens is 2. The van der Waals surface area contributed by atoms with Crippen LogP contribution in [0.4, 0.5) is 4.39 Å². The van der Waals surface area contributed by atoms with Gasteiger partial charge in [0.05, 0.1) is 12.2 Å². The van der Waals surface area contributed by atoms with Crippen LogP contribution in [-0.2, 0) is 13.1 Å². The van der Waals surface area contributed by atoms with E-state index < -0.39 is 0 Å². The van der Waals surface area contributed by atoms with Gasteiger partial charge in [0.1, 0.15) is 5.82 Å². The molecule has 0 saturated carbocycles. The maximum absolute atomic E-state index is 14.2. The van der Waals surface area contributed by atoms with Gasteiger partial charge in [0.15, 0.2) is 0 Å². The SMILES string of the molecule is CCNCc1sc2cccc(F)c2c1Cn1ccc(C)n1. The van der Waals surface area contributed by atoms with Gasteiger partial charge in [0, 0.05) is 27.7 Å². The van der Waals surface area contributed by atoms with Crippen molar-refractivity contribution in [1.29, 1.82) is 0 Å². The van der Waals surface area contributed by atoms with Crippen LogP contribution in [-0.4, -0.2) is 16.3 Å². The van der Waals surface area contributed by atoms with Crippen molar-refractivity contribution >= 4 is 21.4 Å². The minimum atomic E-state index is -0.148. The fraction of sp³-hybridized carbons (Fsp3) is 0.312. The van der Waals surface area contributed by atoms with E-state index >= 15 is 0 Å². The Morgan fingerprint density at radius 3 is 2.90 bits per heavy atom. The lowest BCUT2D eigenvalue weighted by Gasteiger charge is -2.06. The second-order valence-corrected chi connectivity index (χ2v) is 6.19. The lowest BCUT2D eigenvalue weighted by atomic mass is 10.1. The molecule has 0 saturated heterocycles. The Hall–Kier alpha value is -1.72. The van der Waals surface area contributed by atoms with Gasteiger partial charge in [0.25, 0.3) is 0 Å². The molecule has 0 aliphatic rings. The highest BCUT2D eigenvalue weighted by atomic mass is 32.1. The first-order valence-electron chi connectivity index (χ1n) is 7.08. The molecule has 3 aromatic rings. The van der Waals surface area contributed by atoms with E-state index in [0.717, 1.165) is 34.4 Å². The van der Waals surface area contributed by atoms with E-state index in [4.69, 9.17) is 0 Å². The Labute approximate surface area is 127 Å². The minimum Gasteiger partial charge on any atom is -0.312 e. The van der Waals surface area contributed by atoms with Gasteiger partial charge in [-0.3, -0.25) is 4.68 Å². The molecule has 0 aliphatic heterocycles. The minimum absolute atomic E-state index is 0.148. The van der Waals surface area contributed by atoms with Crippen LogP contribution in [0.25, 0.3) is 10.1 Å². The highest BCUT2D eigenvalue weighted by Gasteiger charge is 2.15. The summed E-state index contributed by atoms with van der Waals surface area (Å²) in [7, 11) is 0. The predicted molar refractivity (Wildman–Crippen MR) is 85.2 cm³/mol. The third kappa shape index (κ3) is 2.84. The smallest absolute Gasteiger partial charge is 0.132 e. The molecular formula is C16H18FN3S. The summed E-state index contributed by atoms with van der Waals surface area (Å²) in [6, 6.07) is 7.25. The van der Waals surface area contributed by atoms with E-state index in [9.17, 15) is 4.39 Å². The Morgan fingerprint density at radius 2 is 2.19 bits per heavy atom. The lowest BCUT2D eigenvalue weighted by Crippen LogP contribution is -2.13. The fourth-order valence-electron chi connectivity index (χ4n) is 2.48. The van der Waals surface area contributed by atoms with Gasteiger partial charge >= 0.3 is 0 Å². The summed E-state index contributed by atoms with van der Waals surface area (Å²) in [5.41, 5.74) is 2.01. The number of hydrogen-bond acceptors (Lipinski definition) is 3. The number of nitrogens with one attached hydrogen (secondary N) is 1. The van der Waals surface area contributed by atoms with E-state index in [1.54, 1.807) is 17.4 Å². The van der Waals surface area contributed by atoms with Crippen molar-refractivity contribution in [2.45, 2.75) is 26.9 Å². The fourth-order valence-corrected chi connectivity index (χ4v) is 3.68. The van der Waals surface area contributed by atoms with Gasteiger partial charge < -0.3 is 5.32 Å². The van der Waals surface area contributed by atoms with Crippen LogP contribution in [0.3, 0.4) is 0 Å². The zero-order valence-corrected chi connectivity index (χ0v) is 13.0. The molecule has 0 radical (unpaired) electrons. The molecule has 2 aromatic heterocycles. The summed E-state index contributed by atoms with van der Waals surface area (Å²) in [5.74, 6) is -0.148. The van der Waals surface area contributed by atoms with Crippen molar-refractivity contribution in [3.05, 3.63) is 52.4 Å². The molecule has 1 N–H and O–H groups in total. The van der Waals surface area contributed by atoms with Gasteiger partial charge in [0.2, 0.25) is 0 Å². The van der Waals surface area contributed by atoms with Gasteiger partial charge in [-0.15, -0.1) is 11.3 Å². The van der Waals surface area contributed by atoms with Crippen molar-refractivity contribution in [3.63, 3.8) is 0 Å². The molecule has 0 atom stereocenters. The van der Waals surface area contributed by atoms with Gasteiger partial charge in [-0.05, 0) is 37.2 Å². The first kappa shape index (κ1) is 14.2. The number of nitrogens with zero attached hydrogens (tertiary/aromatic N) is 2. The van der Waals surface area contributed by atoms with Crippen LogP contribution in [0.5, 0.6) is 0 Å². The molecular weight excluding hydrogens is 285 g/mol. The average Bonchev–Trinajstić information content (AvgIpc) is 3.02. The molecule has 3 rings (SSSR count). The molecule has 21 heavy (non-hydrogen) atoms. The Kier molecular flexibility index (Phi) is 4.03. The maximum atomic E-state index is 14.2. The lowest BCUT2D eigenvalue weighted by molar-refractivity contribution is 0.633. The Balaban J connectivity index is 2.07. The van der Waals surface area contributed by atoms with Crippen molar-refractivity contribution in [1.82, 2.24) is 15.1 Å². The molecule has 0 unspecified atom stereocenters. The second kappa shape index (κ2) is 5.95. The van der Waals surface area contributed by atoms with E-state index in [-0.39, 0.29) is 5.82 Å². The molecule has 0 bridgehead atoms. The third-order valence-electron chi connectivity index (χ3n) is 3.48. The Bertz CT molecular complexity index is 760. The van der Waals surface area contributed by atoms with E-state index in [0.29, 0.717) is 6.54 Å². The number of fused-ring (bicyclic) bond motifs is 1. The van der Waals surface area contributed by atoms with Crippen LogP contribution in [0.2, 0.25) is 0 Å². The predicted octanol–water partition coefficient (Wildman–Crippen LogP) is 3.70. The van der Waals surface area contributed by atoms with Gasteiger partial charge in [-0.1, -0.05) is 13.0 Å². The number of halogens is 1. The molecule has 1 aromatic carbocycles. The average molecular weight is 303 g/mol. The highest BCUT2D eigenvalue weighted by molar-refractivity contribution is 7.19. The van der Waals surface area contributed by atoms with Crippen molar-refractivity contribution in [2.75, 3.05) is 6.54 Å². The van der Waals surface area contributed by atoms with Crippen LogP contribution >= 0.6 is 11.3 Å². The number of thiophene rings is 1. The summed E-state index contributed by atoms with van der Waals surface area (Å²) in [4.78, 5) is 1.19. The normalized spacial score (nSPS) is 11.4. The zero-order valence-electron chi connectivity index (χ0n) is 12.2. The summed E-state index contributed by atoms with van der Waals surface area (Å²) >= 11 is 1.66. The molecule has 3 nitrogen and oxygen atoms in total. The topological polar surface area (TPSA) is 29.9 Å². The van der Waals surface area contributed by atoms with Gasteiger partial charge in [-0.2, -0.15) is 5.10 Å². The molecule has 0 amide bonds. The van der Waals surface area contributed by atoms with Crippen LogP contribution in [0.15, 0.2) is 30.5 Å². The molecule has 0 spiro atoms. The quantitative estimate of drug-likeness (QED) is 0.779. The molecule has 0 aliphatic carbocycles. The summed E-state index contributed by atoms with van der Waals surface area (Å²) in [5, 5.41) is 8.50. The van der Waals surface area contributed by atoms with Crippen molar-refractivity contribution in [2.24, 2.45) is 0 Å². The first-order chi connectivity index (χ1) is 10.2. The highest BCUT2D eigenvalue weighted by Crippen LogP contribution is 2.33. The zero-order chi connectivity index (χ0) is 14.8. The van der Waals surface area contributed by atoms with Crippen molar-refractivity contribution in [3.8, 4) is 0 Å². The molecule has 0 fully saturated rings. The molecule has 5 heteroatoms. The summed E-state index contributed by atoms with van der Waals surface area (Å²) in [6.45, 7) is 6.31. The van der Waals surface area contributed by atoms with Crippen LogP contribution in [0, 0.1) is 12.7 Å². The number of rotatable bonds is 5.